The summed E-state index contributed by atoms with van der Waals surface area (Å²) >= 11 is 0. The number of nitrogen functional groups attached to an aromatic ring is 2. The highest BCUT2D eigenvalue weighted by atomic mass is 19.4. The first kappa shape index (κ1) is 36.8. The van der Waals surface area contributed by atoms with Gasteiger partial charge in [-0.1, -0.05) is 13.8 Å². The van der Waals surface area contributed by atoms with Crippen LogP contribution in [0.4, 0.5) is 33.5 Å². The van der Waals surface area contributed by atoms with E-state index in [0.717, 1.165) is 32.7 Å². The molecule has 1 amide bonds. The van der Waals surface area contributed by atoms with Crippen LogP contribution < -0.4 is 26.3 Å². The average Bonchev–Trinajstić information content (AvgIpc) is 3.44. The predicted molar refractivity (Wildman–Crippen MR) is 172 cm³/mol. The molecule has 3 unspecified atom stereocenters. The monoisotopic (exact) mass is 682 g/mol. The third-order valence-electron chi connectivity index (χ3n) is 8.42. The maximum atomic E-state index is 16.4. The number of nitrogens with zero attached hydrogens (tertiary/aromatic N) is 5. The summed E-state index contributed by atoms with van der Waals surface area (Å²) in [5.74, 6) is -3.18. The Morgan fingerprint density at radius 2 is 1.83 bits per heavy atom. The van der Waals surface area contributed by atoms with E-state index in [1.807, 2.05) is 18.7 Å². The van der Waals surface area contributed by atoms with Gasteiger partial charge in [0, 0.05) is 31.7 Å². The zero-order valence-electron chi connectivity index (χ0n) is 28.0. The van der Waals surface area contributed by atoms with Crippen molar-refractivity contribution in [3.8, 4) is 23.1 Å². The Balaban J connectivity index is 0.00000255. The Bertz CT molecular complexity index is 1630. The van der Waals surface area contributed by atoms with Crippen molar-refractivity contribution in [2.45, 2.75) is 77.7 Å². The lowest BCUT2D eigenvalue weighted by Crippen LogP contribution is -2.45. The minimum absolute atomic E-state index is 0.0475. The van der Waals surface area contributed by atoms with Crippen LogP contribution in [0.5, 0.6) is 11.9 Å². The average molecular weight is 683 g/mol. The number of ether oxygens (including phenoxy) is 2. The van der Waals surface area contributed by atoms with Crippen LogP contribution in [0.25, 0.3) is 22.2 Å². The molecule has 11 nitrogen and oxygen atoms in total. The number of fused-ring (bicyclic) bond motifs is 1. The first-order valence-electron chi connectivity index (χ1n) is 16.0. The van der Waals surface area contributed by atoms with Crippen LogP contribution >= 0.6 is 0 Å². The number of halogens is 5. The van der Waals surface area contributed by atoms with Gasteiger partial charge in [0.1, 0.15) is 34.8 Å². The van der Waals surface area contributed by atoms with Crippen LogP contribution in [0, 0.1) is 18.6 Å². The van der Waals surface area contributed by atoms with Crippen LogP contribution in [0.1, 0.15) is 57.6 Å². The number of likely N-dealkylation sites (N-methyl/N-ethyl adjacent to an activating group) is 1. The molecular formula is C32H43F5N8O3. The molecule has 0 spiro atoms. The quantitative estimate of drug-likeness (QED) is 0.199. The van der Waals surface area contributed by atoms with Crippen LogP contribution in [0.2, 0.25) is 0 Å². The molecule has 16 heteroatoms. The molecule has 264 valence electrons. The maximum Gasteiger partial charge on any atom is 0.417 e. The minimum Gasteiger partial charge on any atom is -0.474 e. The standard InChI is InChI=1S/C30H37F5N8O3.C2H6/c1-14(10-16-7-8-38-16)46-28-21-26(24(32)25(39-28)18-11-19(36)23(31)15(2)22(18)30(33,34)35)40-29(41-27(21)37)45-13-17-6-5-9-43(17)12-20(44)42(3)4;1-2/h11,14,16-17,38H,5-10,12-13,36H2,1-4H3,(H2,37,40,41);1-2H3. The van der Waals surface area contributed by atoms with Crippen molar-refractivity contribution in [2.75, 3.05) is 51.8 Å². The number of hydrogen-bond acceptors (Lipinski definition) is 10. The molecule has 0 radical (unpaired) electrons. The zero-order valence-corrected chi connectivity index (χ0v) is 28.0. The lowest BCUT2D eigenvalue weighted by molar-refractivity contribution is -0.137. The molecule has 0 saturated carbocycles. The summed E-state index contributed by atoms with van der Waals surface area (Å²) in [7, 11) is 3.32. The lowest BCUT2D eigenvalue weighted by Gasteiger charge is -2.30. The van der Waals surface area contributed by atoms with Gasteiger partial charge in [0.15, 0.2) is 5.82 Å². The van der Waals surface area contributed by atoms with Crippen molar-refractivity contribution in [1.82, 2.24) is 30.1 Å². The fraction of sp³-hybridized carbons (Fsp3) is 0.562. The second-order valence-corrected chi connectivity index (χ2v) is 12.0. The number of alkyl halides is 3. The highest BCUT2D eigenvalue weighted by Gasteiger charge is 2.39. The Labute approximate surface area is 276 Å². The van der Waals surface area contributed by atoms with Gasteiger partial charge in [-0.05, 0) is 64.3 Å². The molecule has 5 N–H and O–H groups in total. The second-order valence-electron chi connectivity index (χ2n) is 12.0. The number of benzene rings is 1. The van der Waals surface area contributed by atoms with Crippen LogP contribution in [0.3, 0.4) is 0 Å². The van der Waals surface area contributed by atoms with E-state index < -0.39 is 57.5 Å². The molecule has 2 aliphatic rings. The summed E-state index contributed by atoms with van der Waals surface area (Å²) in [6.45, 7) is 8.40. The summed E-state index contributed by atoms with van der Waals surface area (Å²) in [6, 6.07) is 0.367. The van der Waals surface area contributed by atoms with Crippen LogP contribution in [-0.2, 0) is 11.0 Å². The van der Waals surface area contributed by atoms with Gasteiger partial charge in [0.05, 0.1) is 23.9 Å². The number of aromatic nitrogens is 3. The van der Waals surface area contributed by atoms with Gasteiger partial charge in [-0.2, -0.15) is 23.1 Å². The van der Waals surface area contributed by atoms with E-state index in [1.54, 1.807) is 21.0 Å². The van der Waals surface area contributed by atoms with Crippen LogP contribution in [-0.4, -0.2) is 89.2 Å². The Hall–Kier alpha value is -4.05. The van der Waals surface area contributed by atoms with Gasteiger partial charge in [-0.3, -0.25) is 9.69 Å². The molecule has 2 saturated heterocycles. The molecule has 48 heavy (non-hydrogen) atoms. The number of anilines is 2. The van der Waals surface area contributed by atoms with Crippen molar-refractivity contribution in [2.24, 2.45) is 0 Å². The molecule has 2 aromatic heterocycles. The Morgan fingerprint density at radius 1 is 1.15 bits per heavy atom. The van der Waals surface area contributed by atoms with Gasteiger partial charge >= 0.3 is 12.2 Å². The SMILES string of the molecule is CC.Cc1c(F)c(N)cc(-c2nc(OC(C)CC3CCN3)c3c(N)nc(OCC4CCCN4CC(=O)N(C)C)nc3c2F)c1C(F)(F)F. The molecule has 1 aromatic carbocycles. The summed E-state index contributed by atoms with van der Waals surface area (Å²) in [5.41, 5.74) is 7.04. The summed E-state index contributed by atoms with van der Waals surface area (Å²) in [5, 5.41) is 3.09. The van der Waals surface area contributed by atoms with E-state index in [4.69, 9.17) is 20.9 Å². The van der Waals surface area contributed by atoms with E-state index in [-0.39, 0.29) is 54.2 Å². The first-order valence-corrected chi connectivity index (χ1v) is 16.0. The summed E-state index contributed by atoms with van der Waals surface area (Å²) < 4.78 is 85.7. The van der Waals surface area contributed by atoms with E-state index in [9.17, 15) is 22.4 Å². The van der Waals surface area contributed by atoms with Gasteiger partial charge < -0.3 is 31.2 Å². The number of hydrogen-bond donors (Lipinski definition) is 3. The van der Waals surface area contributed by atoms with Gasteiger partial charge in [0.2, 0.25) is 11.8 Å². The molecule has 3 aromatic rings. The number of likely N-dealkylation sites (tertiary alicyclic amines) is 1. The summed E-state index contributed by atoms with van der Waals surface area (Å²) in [6.07, 6.45) is -2.60. The van der Waals surface area contributed by atoms with Gasteiger partial charge in [-0.15, -0.1) is 0 Å². The molecule has 0 aliphatic carbocycles. The Morgan fingerprint density at radius 3 is 2.44 bits per heavy atom. The van der Waals surface area contributed by atoms with Crippen molar-refractivity contribution in [3.05, 3.63) is 28.8 Å². The fourth-order valence-corrected chi connectivity index (χ4v) is 5.81. The topological polar surface area (TPSA) is 145 Å². The number of nitrogens with two attached hydrogens (primary N) is 2. The normalized spacial score (nSPS) is 18.6. The van der Waals surface area contributed by atoms with Gasteiger partial charge in [-0.25, -0.2) is 13.8 Å². The van der Waals surface area contributed by atoms with Crippen molar-refractivity contribution < 1.29 is 36.2 Å². The van der Waals surface area contributed by atoms with E-state index in [2.05, 4.69) is 20.3 Å². The zero-order chi connectivity index (χ0) is 35.5. The molecule has 2 aliphatic heterocycles. The first-order chi connectivity index (χ1) is 22.6. The molecule has 0 bridgehead atoms. The second kappa shape index (κ2) is 15.0. The number of pyridine rings is 1. The smallest absolute Gasteiger partial charge is 0.417 e. The third kappa shape index (κ3) is 7.80. The predicted octanol–water partition coefficient (Wildman–Crippen LogP) is 4.94. The van der Waals surface area contributed by atoms with E-state index in [0.29, 0.717) is 19.0 Å². The van der Waals surface area contributed by atoms with E-state index >= 15 is 4.39 Å². The molecule has 3 atom stereocenters. The fourth-order valence-electron chi connectivity index (χ4n) is 5.81. The van der Waals surface area contributed by atoms with Gasteiger partial charge in [0.25, 0.3) is 0 Å². The lowest BCUT2D eigenvalue weighted by atomic mass is 9.96. The highest BCUT2D eigenvalue weighted by molar-refractivity contribution is 5.96. The molecule has 4 heterocycles. The summed E-state index contributed by atoms with van der Waals surface area (Å²) in [4.78, 5) is 28.3. The van der Waals surface area contributed by atoms with Crippen LogP contribution in [0.15, 0.2) is 6.07 Å². The largest absolute Gasteiger partial charge is 0.474 e. The van der Waals surface area contributed by atoms with Crippen molar-refractivity contribution >= 4 is 28.3 Å². The number of carbonyl (C=O) groups excluding carboxylic acids is 1. The number of carbonyl (C=O) groups is 1. The molecule has 2 fully saturated rings. The number of amides is 1. The van der Waals surface area contributed by atoms with E-state index in [1.165, 1.54) is 4.90 Å². The maximum absolute atomic E-state index is 16.4. The minimum atomic E-state index is -5.08. The number of nitrogens with one attached hydrogen (secondary N) is 1. The highest BCUT2D eigenvalue weighted by Crippen LogP contribution is 2.44. The Kier molecular flexibility index (Phi) is 11.5. The number of rotatable bonds is 10. The third-order valence-corrected chi connectivity index (χ3v) is 8.42. The van der Waals surface area contributed by atoms with Crippen molar-refractivity contribution in [3.63, 3.8) is 0 Å². The molecule has 5 rings (SSSR count). The molecular weight excluding hydrogens is 639 g/mol. The van der Waals surface area contributed by atoms with Crippen molar-refractivity contribution in [1.29, 1.82) is 0 Å².